The van der Waals surface area contributed by atoms with E-state index in [1.54, 1.807) is 0 Å². The molecule has 0 saturated carbocycles. The number of nitrogens with zero attached hydrogens (tertiary/aromatic N) is 1. The van der Waals surface area contributed by atoms with E-state index in [-0.39, 0.29) is 24.5 Å². The van der Waals surface area contributed by atoms with E-state index in [1.165, 1.54) is 4.31 Å². The highest BCUT2D eigenvalue weighted by Crippen LogP contribution is 2.20. The first-order valence-electron chi connectivity index (χ1n) is 6.65. The molecule has 0 aromatic rings. The smallest absolute Gasteiger partial charge is 0.238 e. The van der Waals surface area contributed by atoms with E-state index in [9.17, 15) is 18.3 Å². The lowest BCUT2D eigenvalue weighted by molar-refractivity contribution is -0.127. The molecule has 2 N–H and O–H groups in total. The number of hydrogen-bond donors (Lipinski definition) is 2. The minimum atomic E-state index is -3.37. The molecular formula is C12H24N2O4S. The lowest BCUT2D eigenvalue weighted by Crippen LogP contribution is -2.54. The zero-order chi connectivity index (χ0) is 14.6. The number of sulfonamides is 1. The van der Waals surface area contributed by atoms with E-state index in [2.05, 4.69) is 5.32 Å². The first kappa shape index (κ1) is 16.4. The van der Waals surface area contributed by atoms with Gasteiger partial charge in [-0.05, 0) is 18.8 Å². The minimum absolute atomic E-state index is 0.101. The third-order valence-corrected chi connectivity index (χ3v) is 4.80. The molecule has 1 rings (SSSR count). The topological polar surface area (TPSA) is 86.7 Å². The van der Waals surface area contributed by atoms with Crippen LogP contribution in [0.3, 0.4) is 0 Å². The predicted octanol–water partition coefficient (Wildman–Crippen LogP) is -0.0664. The summed E-state index contributed by atoms with van der Waals surface area (Å²) in [7, 11) is -3.37. The number of carbonyl (C=O) groups excluding carboxylic acids is 1. The van der Waals surface area contributed by atoms with Gasteiger partial charge in [-0.2, -0.15) is 4.31 Å². The molecular weight excluding hydrogens is 268 g/mol. The molecule has 2 unspecified atom stereocenters. The van der Waals surface area contributed by atoms with Crippen LogP contribution >= 0.6 is 0 Å². The zero-order valence-corrected chi connectivity index (χ0v) is 12.6. The van der Waals surface area contributed by atoms with Crippen molar-refractivity contribution >= 4 is 15.9 Å². The normalized spacial score (nSPS) is 23.3. The van der Waals surface area contributed by atoms with Crippen molar-refractivity contribution in [2.24, 2.45) is 5.92 Å². The van der Waals surface area contributed by atoms with E-state index in [0.29, 0.717) is 13.0 Å². The molecule has 7 heteroatoms. The summed E-state index contributed by atoms with van der Waals surface area (Å²) >= 11 is 0. The molecule has 112 valence electrons. The van der Waals surface area contributed by atoms with Crippen molar-refractivity contribution in [2.45, 2.75) is 45.2 Å². The van der Waals surface area contributed by atoms with Crippen LogP contribution in [0.15, 0.2) is 0 Å². The summed E-state index contributed by atoms with van der Waals surface area (Å²) in [5, 5.41) is 12.0. The van der Waals surface area contributed by atoms with Crippen LogP contribution in [0.1, 0.15) is 33.1 Å². The Hall–Kier alpha value is -0.660. The molecule has 2 atom stereocenters. The highest BCUT2D eigenvalue weighted by molar-refractivity contribution is 7.88. The molecule has 0 aromatic heterocycles. The molecule has 19 heavy (non-hydrogen) atoms. The molecule has 1 heterocycles. The molecule has 0 aromatic carbocycles. The lowest BCUT2D eigenvalue weighted by Gasteiger charge is -2.34. The second-order valence-corrected chi connectivity index (χ2v) is 7.36. The fraction of sp³-hybridized carbons (Fsp3) is 0.917. The summed E-state index contributed by atoms with van der Waals surface area (Å²) in [5.41, 5.74) is 0. The maximum Gasteiger partial charge on any atom is 0.238 e. The Balaban J connectivity index is 2.78. The van der Waals surface area contributed by atoms with Crippen LogP contribution in [0.4, 0.5) is 0 Å². The quantitative estimate of drug-likeness (QED) is 0.743. The maximum atomic E-state index is 12.2. The summed E-state index contributed by atoms with van der Waals surface area (Å²) in [4.78, 5) is 12.2. The van der Waals surface area contributed by atoms with Gasteiger partial charge in [0.2, 0.25) is 15.9 Å². The van der Waals surface area contributed by atoms with E-state index < -0.39 is 16.1 Å². The van der Waals surface area contributed by atoms with Crippen molar-refractivity contribution in [1.29, 1.82) is 0 Å². The summed E-state index contributed by atoms with van der Waals surface area (Å²) in [6.45, 7) is 4.05. The number of aliphatic hydroxyl groups is 1. The SMILES string of the molecule is CC(C)C(CO)NC(=O)C1CCCCN1S(C)(=O)=O. The molecule has 0 bridgehead atoms. The number of aliphatic hydroxyl groups excluding tert-OH is 1. The number of piperidine rings is 1. The highest BCUT2D eigenvalue weighted by atomic mass is 32.2. The lowest BCUT2D eigenvalue weighted by atomic mass is 10.0. The van der Waals surface area contributed by atoms with Gasteiger partial charge in [0.15, 0.2) is 0 Å². The van der Waals surface area contributed by atoms with Crippen molar-refractivity contribution in [3.63, 3.8) is 0 Å². The molecule has 0 aliphatic carbocycles. The second-order valence-electron chi connectivity index (χ2n) is 5.43. The first-order valence-corrected chi connectivity index (χ1v) is 8.50. The van der Waals surface area contributed by atoms with Gasteiger partial charge in [-0.1, -0.05) is 20.3 Å². The largest absolute Gasteiger partial charge is 0.394 e. The summed E-state index contributed by atoms with van der Waals surface area (Å²) in [6, 6.07) is -0.979. The summed E-state index contributed by atoms with van der Waals surface area (Å²) < 4.78 is 24.6. The van der Waals surface area contributed by atoms with Crippen LogP contribution in [-0.2, 0) is 14.8 Å². The monoisotopic (exact) mass is 292 g/mol. The summed E-state index contributed by atoms with van der Waals surface area (Å²) in [5.74, 6) is -0.206. The van der Waals surface area contributed by atoms with E-state index in [4.69, 9.17) is 0 Å². The number of amides is 1. The van der Waals surface area contributed by atoms with Gasteiger partial charge in [0.05, 0.1) is 18.9 Å². The number of rotatable bonds is 5. The van der Waals surface area contributed by atoms with Crippen LogP contribution in [-0.4, -0.2) is 55.2 Å². The number of hydrogen-bond acceptors (Lipinski definition) is 4. The fourth-order valence-electron chi connectivity index (χ4n) is 2.27. The van der Waals surface area contributed by atoms with Crippen LogP contribution in [0.2, 0.25) is 0 Å². The predicted molar refractivity (Wildman–Crippen MR) is 73.0 cm³/mol. The van der Waals surface area contributed by atoms with Crippen molar-refractivity contribution in [3.05, 3.63) is 0 Å². The van der Waals surface area contributed by atoms with E-state index >= 15 is 0 Å². The molecule has 1 saturated heterocycles. The summed E-state index contributed by atoms with van der Waals surface area (Å²) in [6.07, 6.45) is 3.29. The van der Waals surface area contributed by atoms with Gasteiger partial charge in [0, 0.05) is 6.54 Å². The van der Waals surface area contributed by atoms with Crippen molar-refractivity contribution in [1.82, 2.24) is 9.62 Å². The van der Waals surface area contributed by atoms with E-state index in [0.717, 1.165) is 19.1 Å². The molecule has 0 radical (unpaired) electrons. The van der Waals surface area contributed by atoms with E-state index in [1.807, 2.05) is 13.8 Å². The van der Waals surface area contributed by atoms with Crippen LogP contribution < -0.4 is 5.32 Å². The van der Waals surface area contributed by atoms with Gasteiger partial charge in [0.1, 0.15) is 6.04 Å². The Morgan fingerprint density at radius 1 is 1.42 bits per heavy atom. The first-order chi connectivity index (χ1) is 8.77. The molecule has 1 aliphatic heterocycles. The highest BCUT2D eigenvalue weighted by Gasteiger charge is 2.35. The standard InChI is InChI=1S/C12H24N2O4S/c1-9(2)10(8-15)13-12(16)11-6-4-5-7-14(11)19(3,17)18/h9-11,15H,4-8H2,1-3H3,(H,13,16). The van der Waals surface area contributed by atoms with Crippen LogP contribution in [0.25, 0.3) is 0 Å². The Morgan fingerprint density at radius 3 is 2.53 bits per heavy atom. The molecule has 1 fully saturated rings. The van der Waals surface area contributed by atoms with Gasteiger partial charge in [-0.15, -0.1) is 0 Å². The molecule has 1 aliphatic rings. The Bertz CT molecular complexity index is 408. The Labute approximate surface area is 115 Å². The number of nitrogens with one attached hydrogen (secondary N) is 1. The van der Waals surface area contributed by atoms with Crippen molar-refractivity contribution < 1.29 is 18.3 Å². The average molecular weight is 292 g/mol. The van der Waals surface area contributed by atoms with Crippen molar-refractivity contribution in [3.8, 4) is 0 Å². The second kappa shape index (κ2) is 6.67. The van der Waals surface area contributed by atoms with Crippen LogP contribution in [0, 0.1) is 5.92 Å². The minimum Gasteiger partial charge on any atom is -0.394 e. The zero-order valence-electron chi connectivity index (χ0n) is 11.8. The van der Waals surface area contributed by atoms with Gasteiger partial charge in [-0.3, -0.25) is 4.79 Å². The third-order valence-electron chi connectivity index (χ3n) is 3.51. The average Bonchev–Trinajstić information content (AvgIpc) is 2.34. The van der Waals surface area contributed by atoms with Gasteiger partial charge >= 0.3 is 0 Å². The molecule has 1 amide bonds. The molecule has 0 spiro atoms. The molecule has 6 nitrogen and oxygen atoms in total. The maximum absolute atomic E-state index is 12.2. The van der Waals surface area contributed by atoms with Crippen LogP contribution in [0.5, 0.6) is 0 Å². The number of carbonyl (C=O) groups is 1. The van der Waals surface area contributed by atoms with Gasteiger partial charge in [0.25, 0.3) is 0 Å². The van der Waals surface area contributed by atoms with Gasteiger partial charge < -0.3 is 10.4 Å². The van der Waals surface area contributed by atoms with Crippen molar-refractivity contribution in [2.75, 3.05) is 19.4 Å². The van der Waals surface area contributed by atoms with Gasteiger partial charge in [-0.25, -0.2) is 8.42 Å². The Morgan fingerprint density at radius 2 is 2.05 bits per heavy atom. The Kier molecular flexibility index (Phi) is 5.76. The third kappa shape index (κ3) is 4.43. The fourth-order valence-corrected chi connectivity index (χ4v) is 3.39.